The van der Waals surface area contributed by atoms with Gasteiger partial charge in [-0.05, 0) is 19.1 Å². The second-order valence-electron chi connectivity index (χ2n) is 3.11. The van der Waals surface area contributed by atoms with E-state index in [1.54, 1.807) is 18.2 Å². The smallest absolute Gasteiger partial charge is 0.152 e. The van der Waals surface area contributed by atoms with Crippen molar-refractivity contribution in [3.05, 3.63) is 40.5 Å². The van der Waals surface area contributed by atoms with Gasteiger partial charge in [-0.1, -0.05) is 23.7 Å². The molecule has 0 N–H and O–H groups in total. The van der Waals surface area contributed by atoms with E-state index in [-0.39, 0.29) is 0 Å². The van der Waals surface area contributed by atoms with E-state index in [4.69, 9.17) is 11.6 Å². The molecule has 2 nitrogen and oxygen atoms in total. The summed E-state index contributed by atoms with van der Waals surface area (Å²) in [5.74, 6) is 0. The Kier molecular flexibility index (Phi) is 2.22. The molecule has 0 atom stereocenters. The van der Waals surface area contributed by atoms with Crippen molar-refractivity contribution < 1.29 is 4.79 Å². The first-order valence-electron chi connectivity index (χ1n) is 4.23. The molecule has 1 heterocycles. The summed E-state index contributed by atoms with van der Waals surface area (Å²) < 4.78 is 0. The third-order valence-electron chi connectivity index (χ3n) is 2.08. The lowest BCUT2D eigenvalue weighted by atomic mass is 10.1. The van der Waals surface area contributed by atoms with Crippen LogP contribution in [0.2, 0.25) is 5.02 Å². The highest BCUT2D eigenvalue weighted by molar-refractivity contribution is 6.35. The highest BCUT2D eigenvalue weighted by Crippen LogP contribution is 2.24. The molecule has 1 aromatic carbocycles. The summed E-state index contributed by atoms with van der Waals surface area (Å²) in [6.45, 7) is 1.85. The second kappa shape index (κ2) is 3.39. The highest BCUT2D eigenvalue weighted by Gasteiger charge is 2.05. The Morgan fingerprint density at radius 3 is 2.93 bits per heavy atom. The average molecular weight is 206 g/mol. The molecule has 70 valence electrons. The zero-order valence-electron chi connectivity index (χ0n) is 7.62. The highest BCUT2D eigenvalue weighted by atomic mass is 35.5. The number of nitrogens with zero attached hydrogens (tertiary/aromatic N) is 1. The minimum absolute atomic E-state index is 0.577. The molecule has 0 saturated carbocycles. The summed E-state index contributed by atoms with van der Waals surface area (Å²) in [4.78, 5) is 15.1. The number of carbonyl (C=O) groups excluding carboxylic acids is 1. The molecule has 1 aromatic heterocycles. The molecule has 0 bridgehead atoms. The Morgan fingerprint density at radius 1 is 1.43 bits per heavy atom. The normalized spacial score (nSPS) is 10.4. The number of hydrogen-bond acceptors (Lipinski definition) is 2. The number of pyridine rings is 1. The maximum Gasteiger partial charge on any atom is 0.152 e. The van der Waals surface area contributed by atoms with Gasteiger partial charge in [0.25, 0.3) is 0 Å². The van der Waals surface area contributed by atoms with E-state index in [0.29, 0.717) is 16.1 Å². The van der Waals surface area contributed by atoms with E-state index in [1.165, 1.54) is 0 Å². The van der Waals surface area contributed by atoms with E-state index >= 15 is 0 Å². The van der Waals surface area contributed by atoms with Crippen molar-refractivity contribution in [2.24, 2.45) is 0 Å². The van der Waals surface area contributed by atoms with Crippen LogP contribution in [-0.2, 0) is 0 Å². The Bertz CT molecular complexity index is 508. The van der Waals surface area contributed by atoms with Gasteiger partial charge in [-0.25, -0.2) is 0 Å². The van der Waals surface area contributed by atoms with E-state index in [2.05, 4.69) is 4.98 Å². The SMILES string of the molecule is Cc1cc(Cl)c2cccc(C=O)c2n1. The van der Waals surface area contributed by atoms with Gasteiger partial charge in [-0.15, -0.1) is 0 Å². The van der Waals surface area contributed by atoms with Gasteiger partial charge in [0.1, 0.15) is 0 Å². The van der Waals surface area contributed by atoms with Crippen LogP contribution >= 0.6 is 11.6 Å². The van der Waals surface area contributed by atoms with Crippen LogP contribution in [-0.4, -0.2) is 11.3 Å². The molecule has 2 aromatic rings. The van der Waals surface area contributed by atoms with Crippen LogP contribution in [0.3, 0.4) is 0 Å². The van der Waals surface area contributed by atoms with Crippen molar-refractivity contribution >= 4 is 28.8 Å². The largest absolute Gasteiger partial charge is 0.298 e. The summed E-state index contributed by atoms with van der Waals surface area (Å²) in [5, 5.41) is 1.46. The Morgan fingerprint density at radius 2 is 2.21 bits per heavy atom. The fraction of sp³-hybridized carbons (Fsp3) is 0.0909. The lowest BCUT2D eigenvalue weighted by Gasteiger charge is -2.03. The van der Waals surface area contributed by atoms with Crippen LogP contribution in [0.5, 0.6) is 0 Å². The summed E-state index contributed by atoms with van der Waals surface area (Å²) in [7, 11) is 0. The van der Waals surface area contributed by atoms with Crippen LogP contribution in [0.4, 0.5) is 0 Å². The molecule has 14 heavy (non-hydrogen) atoms. The van der Waals surface area contributed by atoms with Crippen molar-refractivity contribution in [1.82, 2.24) is 4.98 Å². The maximum atomic E-state index is 10.8. The van der Waals surface area contributed by atoms with Crippen molar-refractivity contribution in [2.75, 3.05) is 0 Å². The number of aromatic nitrogens is 1. The van der Waals surface area contributed by atoms with Crippen LogP contribution in [0.1, 0.15) is 16.1 Å². The Balaban J connectivity index is 2.93. The van der Waals surface area contributed by atoms with E-state index in [9.17, 15) is 4.79 Å². The molecule has 0 unspecified atom stereocenters. The molecule has 0 aliphatic heterocycles. The average Bonchev–Trinajstić information content (AvgIpc) is 2.17. The maximum absolute atomic E-state index is 10.8. The van der Waals surface area contributed by atoms with Crippen molar-refractivity contribution in [3.63, 3.8) is 0 Å². The number of carbonyl (C=O) groups is 1. The zero-order chi connectivity index (χ0) is 10.1. The summed E-state index contributed by atoms with van der Waals surface area (Å²) in [5.41, 5.74) is 2.07. The zero-order valence-corrected chi connectivity index (χ0v) is 8.38. The number of fused-ring (bicyclic) bond motifs is 1. The molecule has 0 aliphatic rings. The van der Waals surface area contributed by atoms with Gasteiger partial charge < -0.3 is 0 Å². The van der Waals surface area contributed by atoms with E-state index < -0.39 is 0 Å². The molecule has 0 aliphatic carbocycles. The van der Waals surface area contributed by atoms with Gasteiger partial charge in [0, 0.05) is 16.6 Å². The van der Waals surface area contributed by atoms with Gasteiger partial charge in [-0.3, -0.25) is 9.78 Å². The minimum Gasteiger partial charge on any atom is -0.298 e. The van der Waals surface area contributed by atoms with Crippen molar-refractivity contribution in [3.8, 4) is 0 Å². The third-order valence-corrected chi connectivity index (χ3v) is 2.39. The van der Waals surface area contributed by atoms with E-state index in [1.807, 2.05) is 13.0 Å². The molecule has 0 fully saturated rings. The Hall–Kier alpha value is -1.41. The van der Waals surface area contributed by atoms with Crippen LogP contribution in [0.25, 0.3) is 10.9 Å². The predicted octanol–water partition coefficient (Wildman–Crippen LogP) is 3.01. The monoisotopic (exact) mass is 205 g/mol. The Labute approximate surface area is 86.5 Å². The first-order valence-corrected chi connectivity index (χ1v) is 4.61. The first kappa shape index (κ1) is 9.16. The number of benzene rings is 1. The first-order chi connectivity index (χ1) is 6.72. The number of rotatable bonds is 1. The second-order valence-corrected chi connectivity index (χ2v) is 3.51. The van der Waals surface area contributed by atoms with Gasteiger partial charge in [0.2, 0.25) is 0 Å². The van der Waals surface area contributed by atoms with Crippen LogP contribution < -0.4 is 0 Å². The van der Waals surface area contributed by atoms with Gasteiger partial charge in [-0.2, -0.15) is 0 Å². The molecule has 0 spiro atoms. The lowest BCUT2D eigenvalue weighted by molar-refractivity contribution is 0.112. The van der Waals surface area contributed by atoms with E-state index in [0.717, 1.165) is 17.4 Å². The molecule has 0 radical (unpaired) electrons. The summed E-state index contributed by atoms with van der Waals surface area (Å²) >= 11 is 6.04. The number of para-hydroxylation sites is 1. The predicted molar refractivity (Wildman–Crippen MR) is 56.9 cm³/mol. The van der Waals surface area contributed by atoms with Crippen molar-refractivity contribution in [2.45, 2.75) is 6.92 Å². The number of aldehydes is 1. The number of halogens is 1. The van der Waals surface area contributed by atoms with Crippen LogP contribution in [0.15, 0.2) is 24.3 Å². The summed E-state index contributed by atoms with van der Waals surface area (Å²) in [6.07, 6.45) is 0.797. The van der Waals surface area contributed by atoms with Crippen LogP contribution in [0, 0.1) is 6.92 Å². The molecular weight excluding hydrogens is 198 g/mol. The topological polar surface area (TPSA) is 30.0 Å². The fourth-order valence-electron chi connectivity index (χ4n) is 1.44. The number of aryl methyl sites for hydroxylation is 1. The van der Waals surface area contributed by atoms with Gasteiger partial charge >= 0.3 is 0 Å². The molecular formula is C11H8ClNO. The number of hydrogen-bond donors (Lipinski definition) is 0. The summed E-state index contributed by atoms with van der Waals surface area (Å²) in [6, 6.07) is 7.18. The standard InChI is InChI=1S/C11H8ClNO/c1-7-5-10(12)9-4-2-3-8(6-14)11(9)13-7/h2-6H,1H3. The lowest BCUT2D eigenvalue weighted by Crippen LogP contribution is -1.90. The molecule has 2 rings (SSSR count). The quantitative estimate of drug-likeness (QED) is 0.670. The van der Waals surface area contributed by atoms with Gasteiger partial charge in [0.05, 0.1) is 10.5 Å². The fourth-order valence-corrected chi connectivity index (χ4v) is 1.75. The molecule has 3 heteroatoms. The molecule has 0 saturated heterocycles. The third kappa shape index (κ3) is 1.38. The molecule has 0 amide bonds. The van der Waals surface area contributed by atoms with Crippen molar-refractivity contribution in [1.29, 1.82) is 0 Å². The van der Waals surface area contributed by atoms with Gasteiger partial charge in [0.15, 0.2) is 6.29 Å². The minimum atomic E-state index is 0.577.